The Bertz CT molecular complexity index is 850. The summed E-state index contributed by atoms with van der Waals surface area (Å²) in [5.74, 6) is -0.297. The van der Waals surface area contributed by atoms with Crippen LogP contribution in [0.2, 0.25) is 0 Å². The largest absolute Gasteiger partial charge is 0.356 e. The number of aryl methyl sites for hydroxylation is 1. The van der Waals surface area contributed by atoms with E-state index in [1.165, 1.54) is 12.5 Å². The highest BCUT2D eigenvalue weighted by atomic mass is 19.1. The molecular weight excluding hydrogens is 359 g/mol. The first-order chi connectivity index (χ1) is 13.6. The Hall–Kier alpha value is -2.96. The highest BCUT2D eigenvalue weighted by Crippen LogP contribution is 2.21. The molecular formula is C21H25FN4O2. The monoisotopic (exact) mass is 384 g/mol. The van der Waals surface area contributed by atoms with Crippen molar-refractivity contribution in [3.63, 3.8) is 0 Å². The zero-order valence-electron chi connectivity index (χ0n) is 16.0. The van der Waals surface area contributed by atoms with Crippen molar-refractivity contribution in [1.82, 2.24) is 15.6 Å². The van der Waals surface area contributed by atoms with Gasteiger partial charge in [-0.1, -0.05) is 6.07 Å². The minimum atomic E-state index is -0.414. The lowest BCUT2D eigenvalue weighted by molar-refractivity contribution is 0.0927. The molecule has 0 bridgehead atoms. The SMILES string of the molecule is Cc1ccc(C(=O)NCCNC(=O)c2cccnc2N2CCCCC2)cc1F. The number of aromatic nitrogens is 1. The van der Waals surface area contributed by atoms with Gasteiger partial charge in [0.05, 0.1) is 5.56 Å². The summed E-state index contributed by atoms with van der Waals surface area (Å²) in [6.45, 7) is 3.97. The number of rotatable bonds is 6. The van der Waals surface area contributed by atoms with E-state index in [9.17, 15) is 14.0 Å². The standard InChI is InChI=1S/C21H25FN4O2/c1-15-7-8-16(14-18(15)22)20(27)24-10-11-25-21(28)17-6-5-9-23-19(17)26-12-3-2-4-13-26/h5-9,14H,2-4,10-13H2,1H3,(H,24,27)(H,25,28). The van der Waals surface area contributed by atoms with Crippen LogP contribution in [0.4, 0.5) is 10.2 Å². The van der Waals surface area contributed by atoms with Crippen molar-refractivity contribution < 1.29 is 14.0 Å². The van der Waals surface area contributed by atoms with Crippen molar-refractivity contribution >= 4 is 17.6 Å². The second-order valence-electron chi connectivity index (χ2n) is 6.90. The number of halogens is 1. The average Bonchev–Trinajstić information content (AvgIpc) is 2.73. The maximum atomic E-state index is 13.6. The number of amides is 2. The normalized spacial score (nSPS) is 13.9. The van der Waals surface area contributed by atoms with Gasteiger partial charge in [-0.3, -0.25) is 9.59 Å². The van der Waals surface area contributed by atoms with Crippen molar-refractivity contribution in [2.45, 2.75) is 26.2 Å². The van der Waals surface area contributed by atoms with E-state index in [1.54, 1.807) is 37.4 Å². The van der Waals surface area contributed by atoms with Gasteiger partial charge in [-0.25, -0.2) is 9.37 Å². The van der Waals surface area contributed by atoms with Gasteiger partial charge in [-0.05, 0) is 56.0 Å². The van der Waals surface area contributed by atoms with Crippen LogP contribution in [0.5, 0.6) is 0 Å². The van der Waals surface area contributed by atoms with Crippen molar-refractivity contribution in [3.8, 4) is 0 Å². The molecule has 1 fully saturated rings. The van der Waals surface area contributed by atoms with Crippen LogP contribution >= 0.6 is 0 Å². The van der Waals surface area contributed by atoms with E-state index in [0.717, 1.165) is 25.9 Å². The van der Waals surface area contributed by atoms with Crippen LogP contribution in [0.15, 0.2) is 36.5 Å². The molecule has 2 N–H and O–H groups in total. The molecule has 1 aromatic heterocycles. The second-order valence-corrected chi connectivity index (χ2v) is 6.90. The van der Waals surface area contributed by atoms with E-state index in [0.29, 0.717) is 16.9 Å². The number of carbonyl (C=O) groups is 2. The zero-order valence-corrected chi connectivity index (χ0v) is 16.0. The number of nitrogens with one attached hydrogen (secondary N) is 2. The highest BCUT2D eigenvalue weighted by molar-refractivity contribution is 5.99. The Labute approximate surface area is 164 Å². The van der Waals surface area contributed by atoms with Crippen LogP contribution in [-0.4, -0.2) is 43.0 Å². The molecule has 6 nitrogen and oxygen atoms in total. The number of nitrogens with zero attached hydrogens (tertiary/aromatic N) is 2. The summed E-state index contributed by atoms with van der Waals surface area (Å²) >= 11 is 0. The van der Waals surface area contributed by atoms with Crippen LogP contribution in [0, 0.1) is 12.7 Å². The van der Waals surface area contributed by atoms with E-state index in [1.807, 2.05) is 0 Å². The van der Waals surface area contributed by atoms with E-state index >= 15 is 0 Å². The van der Waals surface area contributed by atoms with Gasteiger partial charge in [-0.2, -0.15) is 0 Å². The summed E-state index contributed by atoms with van der Waals surface area (Å²) in [6.07, 6.45) is 5.10. The third-order valence-corrected chi connectivity index (χ3v) is 4.82. The Morgan fingerprint density at radius 3 is 2.50 bits per heavy atom. The van der Waals surface area contributed by atoms with Gasteiger partial charge in [-0.15, -0.1) is 0 Å². The molecule has 0 radical (unpaired) electrons. The summed E-state index contributed by atoms with van der Waals surface area (Å²) in [4.78, 5) is 31.2. The Balaban J connectivity index is 1.52. The smallest absolute Gasteiger partial charge is 0.255 e. The third kappa shape index (κ3) is 4.85. The molecule has 0 unspecified atom stereocenters. The van der Waals surface area contributed by atoms with Crippen molar-refractivity contribution in [1.29, 1.82) is 0 Å². The molecule has 0 atom stereocenters. The molecule has 0 saturated carbocycles. The van der Waals surface area contributed by atoms with Gasteiger partial charge in [0.15, 0.2) is 0 Å². The lowest BCUT2D eigenvalue weighted by Crippen LogP contribution is -2.36. The lowest BCUT2D eigenvalue weighted by atomic mass is 10.1. The number of hydrogen-bond acceptors (Lipinski definition) is 4. The quantitative estimate of drug-likeness (QED) is 0.751. The molecule has 3 rings (SSSR count). The fourth-order valence-corrected chi connectivity index (χ4v) is 3.22. The molecule has 148 valence electrons. The van der Waals surface area contributed by atoms with Crippen LogP contribution in [-0.2, 0) is 0 Å². The molecule has 7 heteroatoms. The summed E-state index contributed by atoms with van der Waals surface area (Å²) in [7, 11) is 0. The Morgan fingerprint density at radius 2 is 1.79 bits per heavy atom. The first-order valence-electron chi connectivity index (χ1n) is 9.59. The van der Waals surface area contributed by atoms with Crippen molar-refractivity contribution in [3.05, 3.63) is 59.0 Å². The Morgan fingerprint density at radius 1 is 1.07 bits per heavy atom. The van der Waals surface area contributed by atoms with Gasteiger partial charge >= 0.3 is 0 Å². The molecule has 2 heterocycles. The molecule has 1 saturated heterocycles. The number of piperidine rings is 1. The van der Waals surface area contributed by atoms with Crippen LogP contribution < -0.4 is 15.5 Å². The predicted molar refractivity (Wildman–Crippen MR) is 106 cm³/mol. The van der Waals surface area contributed by atoms with Crippen LogP contribution in [0.1, 0.15) is 45.5 Å². The van der Waals surface area contributed by atoms with Gasteiger partial charge in [0, 0.05) is 37.9 Å². The number of pyridine rings is 1. The first kappa shape index (κ1) is 19.8. The zero-order chi connectivity index (χ0) is 19.9. The van der Waals surface area contributed by atoms with Gasteiger partial charge in [0.1, 0.15) is 11.6 Å². The van der Waals surface area contributed by atoms with E-state index in [-0.39, 0.29) is 30.5 Å². The Kier molecular flexibility index (Phi) is 6.57. The van der Waals surface area contributed by atoms with Crippen molar-refractivity contribution in [2.75, 3.05) is 31.1 Å². The molecule has 2 amide bonds. The molecule has 0 aliphatic carbocycles. The van der Waals surface area contributed by atoms with E-state index < -0.39 is 5.82 Å². The topological polar surface area (TPSA) is 74.3 Å². The van der Waals surface area contributed by atoms with Crippen LogP contribution in [0.25, 0.3) is 0 Å². The van der Waals surface area contributed by atoms with Crippen molar-refractivity contribution in [2.24, 2.45) is 0 Å². The van der Waals surface area contributed by atoms with Crippen LogP contribution in [0.3, 0.4) is 0 Å². The minimum Gasteiger partial charge on any atom is -0.356 e. The number of hydrogen-bond donors (Lipinski definition) is 2. The number of benzene rings is 1. The van der Waals surface area contributed by atoms with E-state index in [4.69, 9.17) is 0 Å². The maximum absolute atomic E-state index is 13.6. The molecule has 2 aromatic rings. The minimum absolute atomic E-state index is 0.218. The fourth-order valence-electron chi connectivity index (χ4n) is 3.22. The fraction of sp³-hybridized carbons (Fsp3) is 0.381. The second kappa shape index (κ2) is 9.30. The predicted octanol–water partition coefficient (Wildman–Crippen LogP) is 2.68. The molecule has 1 aromatic carbocycles. The highest BCUT2D eigenvalue weighted by Gasteiger charge is 2.19. The summed E-state index contributed by atoms with van der Waals surface area (Å²) in [5.41, 5.74) is 1.29. The van der Waals surface area contributed by atoms with Gasteiger partial charge in [0.2, 0.25) is 0 Å². The molecule has 1 aliphatic rings. The van der Waals surface area contributed by atoms with Gasteiger partial charge < -0.3 is 15.5 Å². The summed E-state index contributed by atoms with van der Waals surface area (Å²) in [5, 5.41) is 5.50. The lowest BCUT2D eigenvalue weighted by Gasteiger charge is -2.29. The maximum Gasteiger partial charge on any atom is 0.255 e. The summed E-state index contributed by atoms with van der Waals surface area (Å²) < 4.78 is 13.6. The number of carbonyl (C=O) groups excluding carboxylic acids is 2. The average molecular weight is 384 g/mol. The molecule has 28 heavy (non-hydrogen) atoms. The molecule has 1 aliphatic heterocycles. The van der Waals surface area contributed by atoms with Gasteiger partial charge in [0.25, 0.3) is 11.8 Å². The third-order valence-electron chi connectivity index (χ3n) is 4.82. The number of anilines is 1. The summed E-state index contributed by atoms with van der Waals surface area (Å²) in [6, 6.07) is 7.86. The first-order valence-corrected chi connectivity index (χ1v) is 9.59. The van der Waals surface area contributed by atoms with E-state index in [2.05, 4.69) is 20.5 Å². The molecule has 0 spiro atoms.